The molecule has 368 valence electrons. The molecule has 0 saturated carbocycles. The number of ether oxygens (including phenoxy) is 1. The molecule has 6 heteroatoms. The highest BCUT2D eigenvalue weighted by Gasteiger charge is 2.18. The molecule has 0 aliphatic carbocycles. The fourth-order valence-corrected chi connectivity index (χ4v) is 8.75. The summed E-state index contributed by atoms with van der Waals surface area (Å²) in [5, 5.41) is 22.9. The van der Waals surface area contributed by atoms with Gasteiger partial charge in [-0.2, -0.15) is 0 Å². The summed E-state index contributed by atoms with van der Waals surface area (Å²) in [6, 6.07) is -0.624. The SMILES string of the molecule is CCCCCCCCC/C=C/C(O)C(CO)NC(=O)CCCCCCCCCCCCCCCCCCCCCCCCCOC(=O)CCCCCCCCCCCCCCC. The van der Waals surface area contributed by atoms with E-state index in [2.05, 4.69) is 19.2 Å². The highest BCUT2D eigenvalue weighted by Crippen LogP contribution is 2.17. The van der Waals surface area contributed by atoms with Crippen LogP contribution in [0.15, 0.2) is 12.2 Å². The van der Waals surface area contributed by atoms with Crippen LogP contribution in [0.4, 0.5) is 0 Å². The van der Waals surface area contributed by atoms with Crippen molar-refractivity contribution in [2.45, 2.75) is 321 Å². The number of nitrogens with one attached hydrogen (secondary N) is 1. The summed E-state index contributed by atoms with van der Waals surface area (Å²) >= 11 is 0. The van der Waals surface area contributed by atoms with Gasteiger partial charge in [0.05, 0.1) is 25.4 Å². The highest BCUT2D eigenvalue weighted by atomic mass is 16.5. The summed E-state index contributed by atoms with van der Waals surface area (Å²) in [7, 11) is 0. The summed E-state index contributed by atoms with van der Waals surface area (Å²) in [4.78, 5) is 24.4. The van der Waals surface area contributed by atoms with Crippen molar-refractivity contribution >= 4 is 11.9 Å². The molecule has 0 heterocycles. The largest absolute Gasteiger partial charge is 0.466 e. The van der Waals surface area contributed by atoms with E-state index in [1.54, 1.807) is 6.08 Å². The van der Waals surface area contributed by atoms with Crippen molar-refractivity contribution in [3.8, 4) is 0 Å². The van der Waals surface area contributed by atoms with Gasteiger partial charge in [-0.25, -0.2) is 0 Å². The lowest BCUT2D eigenvalue weighted by molar-refractivity contribution is -0.143. The average Bonchev–Trinajstić information content (AvgIpc) is 3.27. The number of hydrogen-bond acceptors (Lipinski definition) is 5. The smallest absolute Gasteiger partial charge is 0.305 e. The summed E-state index contributed by atoms with van der Waals surface area (Å²) < 4.78 is 5.48. The van der Waals surface area contributed by atoms with Crippen LogP contribution in [0.2, 0.25) is 0 Å². The predicted molar refractivity (Wildman–Crippen MR) is 269 cm³/mol. The molecule has 0 aliphatic heterocycles. The zero-order valence-electron chi connectivity index (χ0n) is 41.9. The zero-order valence-corrected chi connectivity index (χ0v) is 41.9. The maximum atomic E-state index is 12.4. The highest BCUT2D eigenvalue weighted by molar-refractivity contribution is 5.76. The number of allylic oxidation sites excluding steroid dienone is 1. The Balaban J connectivity index is 3.34. The Labute approximate surface area is 387 Å². The van der Waals surface area contributed by atoms with Crippen LogP contribution < -0.4 is 5.32 Å². The van der Waals surface area contributed by atoms with Crippen LogP contribution in [0.25, 0.3) is 0 Å². The fraction of sp³-hybridized carbons (Fsp3) is 0.929. The topological polar surface area (TPSA) is 95.9 Å². The van der Waals surface area contributed by atoms with Crippen LogP contribution in [0.5, 0.6) is 0 Å². The number of hydrogen-bond donors (Lipinski definition) is 3. The van der Waals surface area contributed by atoms with Crippen molar-refractivity contribution in [3.05, 3.63) is 12.2 Å². The molecule has 62 heavy (non-hydrogen) atoms. The number of amides is 1. The van der Waals surface area contributed by atoms with E-state index in [9.17, 15) is 19.8 Å². The van der Waals surface area contributed by atoms with Crippen LogP contribution in [-0.2, 0) is 14.3 Å². The molecule has 0 aromatic heterocycles. The summed E-state index contributed by atoms with van der Waals surface area (Å²) in [5.41, 5.74) is 0. The van der Waals surface area contributed by atoms with Crippen LogP contribution >= 0.6 is 0 Å². The van der Waals surface area contributed by atoms with Crippen molar-refractivity contribution in [1.82, 2.24) is 5.32 Å². The standard InChI is InChI=1S/C56H109NO5/c1-3-5-7-9-11-13-14-26-30-34-38-42-46-50-56(61)62-51-47-43-39-35-31-28-25-23-21-19-17-15-16-18-20-22-24-27-29-33-37-41-45-49-55(60)57-53(52-58)54(59)48-44-40-36-32-12-10-8-6-4-2/h44,48,53-54,58-59H,3-43,45-47,49-52H2,1-2H3,(H,57,60)/b48-44+. The van der Waals surface area contributed by atoms with E-state index in [0.717, 1.165) is 38.5 Å². The van der Waals surface area contributed by atoms with E-state index >= 15 is 0 Å². The van der Waals surface area contributed by atoms with Gasteiger partial charge >= 0.3 is 5.97 Å². The van der Waals surface area contributed by atoms with Crippen molar-refractivity contribution in [1.29, 1.82) is 0 Å². The molecule has 3 N–H and O–H groups in total. The third-order valence-corrected chi connectivity index (χ3v) is 13.1. The molecule has 0 bridgehead atoms. The van der Waals surface area contributed by atoms with Gasteiger partial charge in [0.2, 0.25) is 5.91 Å². The lowest BCUT2D eigenvalue weighted by atomic mass is 10.0. The lowest BCUT2D eigenvalue weighted by Gasteiger charge is -2.20. The number of carbonyl (C=O) groups is 2. The maximum absolute atomic E-state index is 12.4. The molecule has 2 unspecified atom stereocenters. The Hall–Kier alpha value is -1.40. The second-order valence-electron chi connectivity index (χ2n) is 19.3. The molecule has 0 fully saturated rings. The van der Waals surface area contributed by atoms with Crippen molar-refractivity contribution < 1.29 is 24.5 Å². The van der Waals surface area contributed by atoms with Gasteiger partial charge in [0.15, 0.2) is 0 Å². The summed E-state index contributed by atoms with van der Waals surface area (Å²) in [6.07, 6.45) is 61.0. The predicted octanol–water partition coefficient (Wildman–Crippen LogP) is 16.9. The van der Waals surface area contributed by atoms with Crippen LogP contribution in [-0.4, -0.2) is 47.4 Å². The van der Waals surface area contributed by atoms with E-state index in [4.69, 9.17) is 4.74 Å². The van der Waals surface area contributed by atoms with Gasteiger partial charge < -0.3 is 20.3 Å². The number of aliphatic hydroxyl groups is 2. The lowest BCUT2D eigenvalue weighted by Crippen LogP contribution is -2.45. The van der Waals surface area contributed by atoms with Gasteiger partial charge in [-0.05, 0) is 32.1 Å². The van der Waals surface area contributed by atoms with Crippen LogP contribution in [0.1, 0.15) is 309 Å². The van der Waals surface area contributed by atoms with Gasteiger partial charge in [0.25, 0.3) is 0 Å². The minimum atomic E-state index is -0.840. The molecular weight excluding hydrogens is 767 g/mol. The van der Waals surface area contributed by atoms with E-state index in [-0.39, 0.29) is 18.5 Å². The average molecular weight is 876 g/mol. The van der Waals surface area contributed by atoms with Gasteiger partial charge in [0.1, 0.15) is 0 Å². The Morgan fingerprint density at radius 1 is 0.435 bits per heavy atom. The Kier molecular flexibility index (Phi) is 51.0. The molecule has 6 nitrogen and oxygen atoms in total. The quantitative estimate of drug-likeness (QED) is 0.0321. The first-order chi connectivity index (χ1) is 30.5. The minimum Gasteiger partial charge on any atom is -0.466 e. The first-order valence-electron chi connectivity index (χ1n) is 28.0. The molecule has 0 aromatic rings. The Morgan fingerprint density at radius 3 is 1.10 bits per heavy atom. The molecule has 0 spiro atoms. The normalized spacial score (nSPS) is 12.6. The number of rotatable bonds is 52. The number of esters is 1. The summed E-state index contributed by atoms with van der Waals surface area (Å²) in [6.45, 7) is 4.89. The monoisotopic (exact) mass is 876 g/mol. The minimum absolute atomic E-state index is 0.0154. The zero-order chi connectivity index (χ0) is 45.1. The summed E-state index contributed by atoms with van der Waals surface area (Å²) in [5.74, 6) is -0.0538. The second kappa shape index (κ2) is 52.2. The molecule has 0 aromatic carbocycles. The Bertz CT molecular complexity index is 924. The van der Waals surface area contributed by atoms with E-state index < -0.39 is 12.1 Å². The molecule has 0 aliphatic rings. The number of carbonyl (C=O) groups excluding carboxylic acids is 2. The fourth-order valence-electron chi connectivity index (χ4n) is 8.75. The molecular formula is C56H109NO5. The first-order valence-corrected chi connectivity index (χ1v) is 28.0. The first kappa shape index (κ1) is 60.6. The van der Waals surface area contributed by atoms with Gasteiger partial charge in [-0.1, -0.05) is 276 Å². The third kappa shape index (κ3) is 48.1. The van der Waals surface area contributed by atoms with Crippen LogP contribution in [0.3, 0.4) is 0 Å². The van der Waals surface area contributed by atoms with Gasteiger partial charge in [0, 0.05) is 12.8 Å². The molecule has 2 atom stereocenters. The Morgan fingerprint density at radius 2 is 0.742 bits per heavy atom. The third-order valence-electron chi connectivity index (χ3n) is 13.1. The van der Waals surface area contributed by atoms with E-state index in [1.165, 1.54) is 244 Å². The molecule has 1 amide bonds. The van der Waals surface area contributed by atoms with Gasteiger partial charge in [-0.3, -0.25) is 9.59 Å². The number of unbranched alkanes of at least 4 members (excludes halogenated alkanes) is 41. The molecule has 0 radical (unpaired) electrons. The van der Waals surface area contributed by atoms with Crippen molar-refractivity contribution in [2.24, 2.45) is 0 Å². The molecule has 0 rings (SSSR count). The second-order valence-corrected chi connectivity index (χ2v) is 19.3. The van der Waals surface area contributed by atoms with E-state index in [0.29, 0.717) is 19.4 Å². The van der Waals surface area contributed by atoms with Crippen molar-refractivity contribution in [2.75, 3.05) is 13.2 Å². The molecule has 0 saturated heterocycles. The van der Waals surface area contributed by atoms with Crippen LogP contribution in [0, 0.1) is 0 Å². The van der Waals surface area contributed by atoms with Crippen molar-refractivity contribution in [3.63, 3.8) is 0 Å². The van der Waals surface area contributed by atoms with Gasteiger partial charge in [-0.15, -0.1) is 0 Å². The van der Waals surface area contributed by atoms with E-state index in [1.807, 2.05) is 6.08 Å². The number of aliphatic hydroxyl groups excluding tert-OH is 2. The maximum Gasteiger partial charge on any atom is 0.305 e.